The maximum Gasteiger partial charge on any atom is 0.337 e. The molecule has 0 atom stereocenters. The molecule has 3 N–H and O–H groups in total. The zero-order valence-corrected chi connectivity index (χ0v) is 10.1. The monoisotopic (exact) mass is 263 g/mol. The number of benzene rings is 2. The molecule has 0 aliphatic carbocycles. The highest BCUT2D eigenvalue weighted by molar-refractivity contribution is 7.99. The van der Waals surface area contributed by atoms with Gasteiger partial charge in [0.25, 0.3) is 0 Å². The van der Waals surface area contributed by atoms with Crippen LogP contribution in [0.4, 0.5) is 10.1 Å². The summed E-state index contributed by atoms with van der Waals surface area (Å²) in [5.74, 6) is -1.36. The normalized spacial score (nSPS) is 10.3. The maximum atomic E-state index is 12.7. The van der Waals surface area contributed by atoms with Crippen LogP contribution in [0.2, 0.25) is 0 Å². The lowest BCUT2D eigenvalue weighted by atomic mass is 10.2. The van der Waals surface area contributed by atoms with Gasteiger partial charge in [0, 0.05) is 15.5 Å². The Morgan fingerprint density at radius 3 is 2.33 bits per heavy atom. The zero-order chi connectivity index (χ0) is 13.1. The van der Waals surface area contributed by atoms with Crippen LogP contribution < -0.4 is 5.73 Å². The van der Waals surface area contributed by atoms with Gasteiger partial charge in [-0.15, -0.1) is 0 Å². The largest absolute Gasteiger partial charge is 0.478 e. The molecule has 0 fully saturated rings. The fraction of sp³-hybridized carbons (Fsp3) is 0. The smallest absolute Gasteiger partial charge is 0.337 e. The number of nitrogen functional groups attached to an aromatic ring is 1. The van der Waals surface area contributed by atoms with Crippen molar-refractivity contribution >= 4 is 23.4 Å². The molecule has 2 rings (SSSR count). The SMILES string of the molecule is Nc1ccc(Sc2ccc(F)cc2)cc1C(=O)O. The first-order valence-electron chi connectivity index (χ1n) is 5.12. The van der Waals surface area contributed by atoms with Crippen molar-refractivity contribution in [1.29, 1.82) is 0 Å². The number of carboxylic acid groups (broad SMARTS) is 1. The van der Waals surface area contributed by atoms with Crippen LogP contribution in [-0.4, -0.2) is 11.1 Å². The van der Waals surface area contributed by atoms with Crippen LogP contribution in [0, 0.1) is 5.82 Å². The summed E-state index contributed by atoms with van der Waals surface area (Å²) in [7, 11) is 0. The van der Waals surface area contributed by atoms with E-state index in [1.165, 1.54) is 30.0 Å². The fourth-order valence-corrected chi connectivity index (χ4v) is 2.28. The van der Waals surface area contributed by atoms with Gasteiger partial charge in [-0.2, -0.15) is 0 Å². The molecule has 0 heterocycles. The van der Waals surface area contributed by atoms with E-state index in [1.54, 1.807) is 24.3 Å². The van der Waals surface area contributed by atoms with Crippen molar-refractivity contribution in [2.75, 3.05) is 5.73 Å². The number of aromatic carboxylic acids is 1. The molecule has 3 nitrogen and oxygen atoms in total. The Balaban J connectivity index is 2.27. The van der Waals surface area contributed by atoms with Gasteiger partial charge in [-0.3, -0.25) is 0 Å². The van der Waals surface area contributed by atoms with E-state index in [1.807, 2.05) is 0 Å². The molecule has 0 aliphatic rings. The molecule has 0 amide bonds. The predicted octanol–water partition coefficient (Wildman–Crippen LogP) is 3.26. The van der Waals surface area contributed by atoms with E-state index >= 15 is 0 Å². The number of carbonyl (C=O) groups is 1. The number of carboxylic acids is 1. The molecule has 0 radical (unpaired) electrons. The number of nitrogens with two attached hydrogens (primary N) is 1. The molecule has 0 saturated heterocycles. The van der Waals surface area contributed by atoms with Gasteiger partial charge < -0.3 is 10.8 Å². The molecule has 5 heteroatoms. The van der Waals surface area contributed by atoms with E-state index in [-0.39, 0.29) is 17.1 Å². The van der Waals surface area contributed by atoms with Crippen LogP contribution >= 0.6 is 11.8 Å². The first-order chi connectivity index (χ1) is 8.56. The van der Waals surface area contributed by atoms with Crippen LogP contribution in [0.25, 0.3) is 0 Å². The summed E-state index contributed by atoms with van der Waals surface area (Å²) in [5.41, 5.74) is 5.86. The highest BCUT2D eigenvalue weighted by atomic mass is 32.2. The van der Waals surface area contributed by atoms with Crippen molar-refractivity contribution in [3.8, 4) is 0 Å². The van der Waals surface area contributed by atoms with Gasteiger partial charge in [0.2, 0.25) is 0 Å². The summed E-state index contributed by atoms with van der Waals surface area (Å²) in [4.78, 5) is 12.5. The van der Waals surface area contributed by atoms with E-state index in [0.29, 0.717) is 0 Å². The van der Waals surface area contributed by atoms with Crippen LogP contribution in [-0.2, 0) is 0 Å². The number of anilines is 1. The molecule has 0 aliphatic heterocycles. The second kappa shape index (κ2) is 5.10. The van der Waals surface area contributed by atoms with Crippen molar-refractivity contribution in [1.82, 2.24) is 0 Å². The van der Waals surface area contributed by atoms with E-state index in [0.717, 1.165) is 9.79 Å². The Morgan fingerprint density at radius 2 is 1.72 bits per heavy atom. The van der Waals surface area contributed by atoms with Gasteiger partial charge in [-0.25, -0.2) is 9.18 Å². The molecule has 0 bridgehead atoms. The molecule has 92 valence electrons. The highest BCUT2D eigenvalue weighted by Gasteiger charge is 2.09. The molecule has 0 aromatic heterocycles. The third-order valence-corrected chi connectivity index (χ3v) is 3.30. The second-order valence-corrected chi connectivity index (χ2v) is 4.76. The summed E-state index contributed by atoms with van der Waals surface area (Å²) in [5, 5.41) is 8.95. The summed E-state index contributed by atoms with van der Waals surface area (Å²) < 4.78 is 12.7. The lowest BCUT2D eigenvalue weighted by molar-refractivity contribution is 0.0698. The van der Waals surface area contributed by atoms with Gasteiger partial charge in [-0.1, -0.05) is 11.8 Å². The molecule has 0 unspecified atom stereocenters. The quantitative estimate of drug-likeness (QED) is 0.834. The predicted molar refractivity (Wildman–Crippen MR) is 68.3 cm³/mol. The minimum atomic E-state index is -1.06. The minimum absolute atomic E-state index is 0.0714. The van der Waals surface area contributed by atoms with Gasteiger partial charge >= 0.3 is 5.97 Å². The van der Waals surface area contributed by atoms with Gasteiger partial charge in [0.1, 0.15) is 5.82 Å². The molecule has 2 aromatic rings. The van der Waals surface area contributed by atoms with Gasteiger partial charge in [0.05, 0.1) is 5.56 Å². The molecule has 0 saturated carbocycles. The van der Waals surface area contributed by atoms with Crippen LogP contribution in [0.15, 0.2) is 52.3 Å². The first kappa shape index (κ1) is 12.4. The Hall–Kier alpha value is -2.01. The molecule has 2 aromatic carbocycles. The van der Waals surface area contributed by atoms with Crippen LogP contribution in [0.1, 0.15) is 10.4 Å². The van der Waals surface area contributed by atoms with E-state index in [4.69, 9.17) is 10.8 Å². The standard InChI is InChI=1S/C13H10FNO2S/c14-8-1-3-9(4-2-8)18-10-5-6-12(15)11(7-10)13(16)17/h1-7H,15H2,(H,16,17). The number of rotatable bonds is 3. The van der Waals surface area contributed by atoms with E-state index in [2.05, 4.69) is 0 Å². The minimum Gasteiger partial charge on any atom is -0.478 e. The van der Waals surface area contributed by atoms with Gasteiger partial charge in [0.15, 0.2) is 0 Å². The van der Waals surface area contributed by atoms with E-state index < -0.39 is 5.97 Å². The molecule has 0 spiro atoms. The number of hydrogen-bond acceptors (Lipinski definition) is 3. The highest BCUT2D eigenvalue weighted by Crippen LogP contribution is 2.29. The lowest BCUT2D eigenvalue weighted by Gasteiger charge is -2.05. The van der Waals surface area contributed by atoms with Crippen LogP contribution in [0.3, 0.4) is 0 Å². The Labute approximate surface area is 107 Å². The lowest BCUT2D eigenvalue weighted by Crippen LogP contribution is -2.01. The number of hydrogen-bond donors (Lipinski definition) is 2. The third kappa shape index (κ3) is 2.81. The van der Waals surface area contributed by atoms with Crippen molar-refractivity contribution in [3.63, 3.8) is 0 Å². The zero-order valence-electron chi connectivity index (χ0n) is 9.26. The Bertz CT molecular complexity index is 584. The van der Waals surface area contributed by atoms with Gasteiger partial charge in [-0.05, 0) is 42.5 Å². The Morgan fingerprint density at radius 1 is 1.11 bits per heavy atom. The average Bonchev–Trinajstić information content (AvgIpc) is 2.34. The first-order valence-corrected chi connectivity index (χ1v) is 5.94. The second-order valence-electron chi connectivity index (χ2n) is 3.61. The van der Waals surface area contributed by atoms with Crippen molar-refractivity contribution in [3.05, 3.63) is 53.8 Å². The molecular weight excluding hydrogens is 253 g/mol. The fourth-order valence-electron chi connectivity index (χ4n) is 1.42. The summed E-state index contributed by atoms with van der Waals surface area (Å²) in [6.45, 7) is 0. The molecular formula is C13H10FNO2S. The van der Waals surface area contributed by atoms with Crippen molar-refractivity contribution in [2.45, 2.75) is 9.79 Å². The summed E-state index contributed by atoms with van der Waals surface area (Å²) in [6, 6.07) is 10.8. The van der Waals surface area contributed by atoms with Crippen molar-refractivity contribution in [2.24, 2.45) is 0 Å². The third-order valence-electron chi connectivity index (χ3n) is 2.30. The maximum absolute atomic E-state index is 12.7. The number of halogens is 1. The topological polar surface area (TPSA) is 63.3 Å². The summed E-state index contributed by atoms with van der Waals surface area (Å²) in [6.07, 6.45) is 0. The van der Waals surface area contributed by atoms with Crippen molar-refractivity contribution < 1.29 is 14.3 Å². The summed E-state index contributed by atoms with van der Waals surface area (Å²) >= 11 is 1.35. The van der Waals surface area contributed by atoms with E-state index in [9.17, 15) is 9.18 Å². The van der Waals surface area contributed by atoms with Crippen LogP contribution in [0.5, 0.6) is 0 Å². The average molecular weight is 263 g/mol. The Kier molecular flexibility index (Phi) is 3.53. The molecule has 18 heavy (non-hydrogen) atoms.